The number of halogens is 2. The molecule has 1 rings (SSSR count). The predicted molar refractivity (Wildman–Crippen MR) is 114 cm³/mol. The molecule has 0 heterocycles. The molecule has 0 saturated heterocycles. The van der Waals surface area contributed by atoms with Gasteiger partial charge in [-0.25, -0.2) is 0 Å². The first-order valence-corrected chi connectivity index (χ1v) is 8.52. The average Bonchev–Trinajstić information content (AvgIpc) is 2.50. The Morgan fingerprint density at radius 3 is 2.62 bits per heavy atom. The fourth-order valence-corrected chi connectivity index (χ4v) is 2.20. The maximum atomic E-state index is 12.0. The highest BCUT2D eigenvalue weighted by atomic mass is 127. The Balaban J connectivity index is 0.00000529. The molecule has 0 radical (unpaired) electrons. The number of carbonyl (C=O) groups excluding carboxylic acids is 1. The summed E-state index contributed by atoms with van der Waals surface area (Å²) in [6, 6.07) is 5.57. The summed E-state index contributed by atoms with van der Waals surface area (Å²) < 4.78 is 0. The van der Waals surface area contributed by atoms with E-state index in [4.69, 9.17) is 11.6 Å². The molecule has 24 heavy (non-hydrogen) atoms. The van der Waals surface area contributed by atoms with Crippen LogP contribution in [-0.4, -0.2) is 31.5 Å². The normalized spacial score (nSPS) is 10.8. The molecule has 0 saturated carbocycles. The third kappa shape index (κ3) is 9.32. The van der Waals surface area contributed by atoms with Gasteiger partial charge in [0.15, 0.2) is 5.96 Å². The third-order valence-electron chi connectivity index (χ3n) is 3.17. The summed E-state index contributed by atoms with van der Waals surface area (Å²) in [7, 11) is 0. The predicted octanol–water partition coefficient (Wildman–Crippen LogP) is 3.95. The number of hydrogen-bond acceptors (Lipinski definition) is 2. The van der Waals surface area contributed by atoms with Gasteiger partial charge in [0.05, 0.1) is 10.7 Å². The molecule has 1 aromatic carbocycles. The van der Waals surface area contributed by atoms with Crippen LogP contribution in [0, 0.1) is 6.92 Å². The van der Waals surface area contributed by atoms with Crippen molar-refractivity contribution in [2.45, 2.75) is 40.0 Å². The molecule has 1 aromatic rings. The lowest BCUT2D eigenvalue weighted by atomic mass is 10.2. The number of anilines is 1. The smallest absolute Gasteiger partial charge is 0.226 e. The van der Waals surface area contributed by atoms with Gasteiger partial charge >= 0.3 is 0 Å². The fraction of sp³-hybridized carbons (Fsp3) is 0.529. The molecule has 0 fully saturated rings. The second kappa shape index (κ2) is 13.3. The summed E-state index contributed by atoms with van der Waals surface area (Å²) in [5.74, 6) is 0.676. The highest BCUT2D eigenvalue weighted by Gasteiger charge is 2.06. The van der Waals surface area contributed by atoms with Crippen LogP contribution in [0.3, 0.4) is 0 Å². The number of hydrogen-bond donors (Lipinski definition) is 3. The zero-order valence-corrected chi connectivity index (χ0v) is 17.7. The molecule has 136 valence electrons. The van der Waals surface area contributed by atoms with E-state index in [1.54, 1.807) is 0 Å². The van der Waals surface area contributed by atoms with E-state index >= 15 is 0 Å². The Labute approximate surface area is 167 Å². The maximum Gasteiger partial charge on any atom is 0.226 e. The number of amides is 1. The number of benzene rings is 1. The van der Waals surface area contributed by atoms with E-state index in [2.05, 4.69) is 27.9 Å². The third-order valence-corrected chi connectivity index (χ3v) is 3.48. The number of unbranched alkanes of at least 4 members (excludes halogenated alkanes) is 1. The van der Waals surface area contributed by atoms with Crippen molar-refractivity contribution in [3.8, 4) is 0 Å². The zero-order chi connectivity index (χ0) is 17.1. The molecule has 0 aliphatic heterocycles. The quantitative estimate of drug-likeness (QED) is 0.235. The lowest BCUT2D eigenvalue weighted by molar-refractivity contribution is -0.116. The van der Waals surface area contributed by atoms with Crippen LogP contribution in [0.5, 0.6) is 0 Å². The van der Waals surface area contributed by atoms with Gasteiger partial charge < -0.3 is 16.0 Å². The van der Waals surface area contributed by atoms with Gasteiger partial charge in [-0.1, -0.05) is 31.0 Å². The van der Waals surface area contributed by atoms with E-state index in [0.717, 1.165) is 37.5 Å². The Kier molecular flexibility index (Phi) is 12.7. The van der Waals surface area contributed by atoms with Crippen LogP contribution < -0.4 is 16.0 Å². The first kappa shape index (κ1) is 23.0. The molecule has 7 heteroatoms. The molecule has 0 aliphatic carbocycles. The standard InChI is InChI=1S/C17H27ClN4O.HI/c1-4-6-10-20-17(19-5-2)21-11-9-16(23)22-15-8-7-13(3)12-14(15)18;/h7-8,12H,4-6,9-11H2,1-3H3,(H,22,23)(H2,19,20,21);1H. The van der Waals surface area contributed by atoms with Crippen LogP contribution in [-0.2, 0) is 4.79 Å². The van der Waals surface area contributed by atoms with Crippen molar-refractivity contribution in [1.82, 2.24) is 10.6 Å². The summed E-state index contributed by atoms with van der Waals surface area (Å²) in [5.41, 5.74) is 1.71. The second-order valence-electron chi connectivity index (χ2n) is 5.32. The van der Waals surface area contributed by atoms with E-state index in [-0.39, 0.29) is 29.9 Å². The minimum absolute atomic E-state index is 0. The summed E-state index contributed by atoms with van der Waals surface area (Å²) in [4.78, 5) is 16.4. The first-order chi connectivity index (χ1) is 11.1. The minimum Gasteiger partial charge on any atom is -0.357 e. The maximum absolute atomic E-state index is 12.0. The number of aryl methyl sites for hydroxylation is 1. The van der Waals surface area contributed by atoms with Crippen molar-refractivity contribution in [1.29, 1.82) is 0 Å². The summed E-state index contributed by atoms with van der Waals surface area (Å²) in [5, 5.41) is 9.71. The van der Waals surface area contributed by atoms with Gasteiger partial charge in [-0.2, -0.15) is 0 Å². The van der Waals surface area contributed by atoms with Crippen molar-refractivity contribution in [2.75, 3.05) is 25.0 Å². The largest absolute Gasteiger partial charge is 0.357 e. The van der Waals surface area contributed by atoms with Gasteiger partial charge in [-0.15, -0.1) is 24.0 Å². The van der Waals surface area contributed by atoms with Crippen molar-refractivity contribution in [3.63, 3.8) is 0 Å². The lowest BCUT2D eigenvalue weighted by Crippen LogP contribution is -2.38. The number of guanidine groups is 1. The van der Waals surface area contributed by atoms with Crippen LogP contribution in [0.2, 0.25) is 5.02 Å². The topological polar surface area (TPSA) is 65.5 Å². The molecule has 0 bridgehead atoms. The summed E-state index contributed by atoms with van der Waals surface area (Å²) in [6.45, 7) is 8.22. The molecular weight excluding hydrogens is 439 g/mol. The summed E-state index contributed by atoms with van der Waals surface area (Å²) >= 11 is 6.11. The molecule has 0 aromatic heterocycles. The monoisotopic (exact) mass is 466 g/mol. The van der Waals surface area contributed by atoms with E-state index in [9.17, 15) is 4.79 Å². The number of carbonyl (C=O) groups is 1. The van der Waals surface area contributed by atoms with Crippen molar-refractivity contribution in [2.24, 2.45) is 4.99 Å². The molecule has 3 N–H and O–H groups in total. The minimum atomic E-state index is -0.0762. The molecule has 0 aliphatic rings. The molecule has 0 atom stereocenters. The average molecular weight is 467 g/mol. The van der Waals surface area contributed by atoms with E-state index < -0.39 is 0 Å². The van der Waals surface area contributed by atoms with Gasteiger partial charge in [0.1, 0.15) is 0 Å². The lowest BCUT2D eigenvalue weighted by Gasteiger charge is -2.12. The van der Waals surface area contributed by atoms with Crippen molar-refractivity contribution < 1.29 is 4.79 Å². The van der Waals surface area contributed by atoms with Gasteiger partial charge in [0.2, 0.25) is 5.91 Å². The van der Waals surface area contributed by atoms with E-state index in [0.29, 0.717) is 23.7 Å². The fourth-order valence-electron chi connectivity index (χ4n) is 1.92. The molecule has 1 amide bonds. The Bertz CT molecular complexity index is 537. The first-order valence-electron chi connectivity index (χ1n) is 8.15. The van der Waals surface area contributed by atoms with E-state index in [1.165, 1.54) is 0 Å². The highest BCUT2D eigenvalue weighted by molar-refractivity contribution is 14.0. The Morgan fingerprint density at radius 1 is 1.25 bits per heavy atom. The number of aliphatic imine (C=N–C) groups is 1. The van der Waals surface area contributed by atoms with Crippen LogP contribution >= 0.6 is 35.6 Å². The van der Waals surface area contributed by atoms with Gasteiger partial charge in [-0.3, -0.25) is 9.79 Å². The van der Waals surface area contributed by atoms with Gasteiger partial charge in [0, 0.05) is 26.1 Å². The van der Waals surface area contributed by atoms with Crippen LogP contribution in [0.15, 0.2) is 23.2 Å². The number of rotatable bonds is 8. The molecule has 5 nitrogen and oxygen atoms in total. The SMILES string of the molecule is CCCCN=C(NCC)NCCC(=O)Nc1ccc(C)cc1Cl.I. The van der Waals surface area contributed by atoms with Crippen LogP contribution in [0.1, 0.15) is 38.7 Å². The molecule has 0 unspecified atom stereocenters. The summed E-state index contributed by atoms with van der Waals surface area (Å²) in [6.07, 6.45) is 2.52. The number of nitrogens with one attached hydrogen (secondary N) is 3. The van der Waals surface area contributed by atoms with Crippen LogP contribution in [0.25, 0.3) is 0 Å². The van der Waals surface area contributed by atoms with Crippen molar-refractivity contribution in [3.05, 3.63) is 28.8 Å². The van der Waals surface area contributed by atoms with Gasteiger partial charge in [0.25, 0.3) is 0 Å². The highest BCUT2D eigenvalue weighted by Crippen LogP contribution is 2.22. The molecular formula is C17H28ClIN4O. The molecule has 0 spiro atoms. The van der Waals surface area contributed by atoms with Crippen LogP contribution in [0.4, 0.5) is 5.69 Å². The zero-order valence-electron chi connectivity index (χ0n) is 14.6. The van der Waals surface area contributed by atoms with Gasteiger partial charge in [-0.05, 0) is 38.0 Å². The Hall–Kier alpha value is -1.02. The van der Waals surface area contributed by atoms with E-state index in [1.807, 2.05) is 32.0 Å². The Morgan fingerprint density at radius 2 is 2.00 bits per heavy atom. The van der Waals surface area contributed by atoms with Crippen molar-refractivity contribution >= 4 is 53.1 Å². The second-order valence-corrected chi connectivity index (χ2v) is 5.73. The number of nitrogens with zero attached hydrogens (tertiary/aromatic N) is 1.